The third kappa shape index (κ3) is 5.03. The van der Waals surface area contributed by atoms with Gasteiger partial charge in [-0.05, 0) is 60.7 Å². The Morgan fingerprint density at radius 1 is 0.833 bits per heavy atom. The zero-order chi connectivity index (χ0) is 20.8. The summed E-state index contributed by atoms with van der Waals surface area (Å²) in [5.41, 5.74) is 3.04. The third-order valence-corrected chi connectivity index (χ3v) is 5.13. The SMILES string of the molecule is O=C(COc1ccc(Nc2ccccc2)cc1)N1CCN(c2ccc(O)cc2)CC1. The molecule has 3 aromatic rings. The van der Waals surface area contributed by atoms with Crippen LogP contribution in [0.3, 0.4) is 0 Å². The number of ether oxygens (including phenoxy) is 1. The van der Waals surface area contributed by atoms with Crippen molar-refractivity contribution in [1.82, 2.24) is 4.90 Å². The van der Waals surface area contributed by atoms with Gasteiger partial charge in [0.25, 0.3) is 5.91 Å². The van der Waals surface area contributed by atoms with Gasteiger partial charge in [-0.25, -0.2) is 0 Å². The molecule has 3 aromatic carbocycles. The Bertz CT molecular complexity index is 951. The molecule has 4 rings (SSSR count). The molecule has 1 aliphatic heterocycles. The van der Waals surface area contributed by atoms with Crippen molar-refractivity contribution >= 4 is 23.0 Å². The lowest BCUT2D eigenvalue weighted by Gasteiger charge is -2.36. The summed E-state index contributed by atoms with van der Waals surface area (Å²) in [6.45, 7) is 2.86. The summed E-state index contributed by atoms with van der Waals surface area (Å²) in [5, 5.41) is 12.7. The van der Waals surface area contributed by atoms with Crippen molar-refractivity contribution in [2.24, 2.45) is 0 Å². The average Bonchev–Trinajstić information content (AvgIpc) is 2.80. The van der Waals surface area contributed by atoms with Gasteiger partial charge in [-0.2, -0.15) is 0 Å². The first-order valence-corrected chi connectivity index (χ1v) is 10.0. The molecule has 0 spiro atoms. The fourth-order valence-corrected chi connectivity index (χ4v) is 3.44. The zero-order valence-corrected chi connectivity index (χ0v) is 16.7. The number of amides is 1. The second-order valence-corrected chi connectivity index (χ2v) is 7.19. The zero-order valence-electron chi connectivity index (χ0n) is 16.7. The molecule has 0 aromatic heterocycles. The molecule has 6 nitrogen and oxygen atoms in total. The van der Waals surface area contributed by atoms with E-state index >= 15 is 0 Å². The van der Waals surface area contributed by atoms with Gasteiger partial charge in [0.15, 0.2) is 6.61 Å². The molecule has 1 fully saturated rings. The molecule has 30 heavy (non-hydrogen) atoms. The van der Waals surface area contributed by atoms with Gasteiger partial charge in [0, 0.05) is 43.2 Å². The smallest absolute Gasteiger partial charge is 0.260 e. The molecule has 0 atom stereocenters. The minimum absolute atomic E-state index is 0.00755. The maximum Gasteiger partial charge on any atom is 0.260 e. The molecule has 6 heteroatoms. The fraction of sp³-hybridized carbons (Fsp3) is 0.208. The number of carbonyl (C=O) groups is 1. The summed E-state index contributed by atoms with van der Waals surface area (Å²) in [4.78, 5) is 16.6. The van der Waals surface area contributed by atoms with E-state index in [1.807, 2.05) is 71.6 Å². The van der Waals surface area contributed by atoms with Crippen LogP contribution >= 0.6 is 0 Å². The lowest BCUT2D eigenvalue weighted by atomic mass is 10.2. The molecule has 0 saturated carbocycles. The number of phenolic OH excluding ortho intramolecular Hbond substituents is 1. The number of benzene rings is 3. The van der Waals surface area contributed by atoms with Crippen molar-refractivity contribution in [3.8, 4) is 11.5 Å². The van der Waals surface area contributed by atoms with E-state index in [1.165, 1.54) is 0 Å². The van der Waals surface area contributed by atoms with Crippen LogP contribution in [0.1, 0.15) is 0 Å². The molecule has 2 N–H and O–H groups in total. The number of para-hydroxylation sites is 1. The highest BCUT2D eigenvalue weighted by atomic mass is 16.5. The molecule has 0 bridgehead atoms. The van der Waals surface area contributed by atoms with Crippen molar-refractivity contribution < 1.29 is 14.6 Å². The number of piperazine rings is 1. The molecule has 1 amide bonds. The predicted octanol–water partition coefficient (Wildman–Crippen LogP) is 3.86. The Labute approximate surface area is 176 Å². The van der Waals surface area contributed by atoms with Gasteiger partial charge >= 0.3 is 0 Å². The van der Waals surface area contributed by atoms with Crippen LogP contribution in [0.25, 0.3) is 0 Å². The second-order valence-electron chi connectivity index (χ2n) is 7.19. The van der Waals surface area contributed by atoms with Gasteiger partial charge in [0.1, 0.15) is 11.5 Å². The maximum absolute atomic E-state index is 12.5. The number of hydrogen-bond acceptors (Lipinski definition) is 5. The van der Waals surface area contributed by atoms with Crippen molar-refractivity contribution in [2.45, 2.75) is 0 Å². The lowest BCUT2D eigenvalue weighted by Crippen LogP contribution is -2.50. The number of hydrogen-bond donors (Lipinski definition) is 2. The van der Waals surface area contributed by atoms with E-state index in [9.17, 15) is 9.90 Å². The van der Waals surface area contributed by atoms with E-state index < -0.39 is 0 Å². The Morgan fingerprint density at radius 3 is 2.13 bits per heavy atom. The molecule has 1 aliphatic rings. The van der Waals surface area contributed by atoms with Gasteiger partial charge in [-0.15, -0.1) is 0 Å². The van der Waals surface area contributed by atoms with E-state index in [-0.39, 0.29) is 18.3 Å². The maximum atomic E-state index is 12.5. The van der Waals surface area contributed by atoms with Gasteiger partial charge < -0.3 is 25.0 Å². The monoisotopic (exact) mass is 403 g/mol. The second kappa shape index (κ2) is 9.22. The Balaban J connectivity index is 1.23. The van der Waals surface area contributed by atoms with E-state index in [4.69, 9.17) is 4.74 Å². The van der Waals surface area contributed by atoms with E-state index in [0.29, 0.717) is 18.8 Å². The van der Waals surface area contributed by atoms with Crippen molar-refractivity contribution in [2.75, 3.05) is 43.0 Å². The quantitative estimate of drug-likeness (QED) is 0.654. The third-order valence-electron chi connectivity index (χ3n) is 5.13. The number of anilines is 3. The first-order chi connectivity index (χ1) is 14.7. The van der Waals surface area contributed by atoms with E-state index in [1.54, 1.807) is 12.1 Å². The Hall–Kier alpha value is -3.67. The number of phenols is 1. The number of nitrogens with zero attached hydrogens (tertiary/aromatic N) is 2. The first kappa shape index (κ1) is 19.6. The number of carbonyl (C=O) groups excluding carboxylic acids is 1. The van der Waals surface area contributed by atoms with Crippen LogP contribution in [0.4, 0.5) is 17.1 Å². The fourth-order valence-electron chi connectivity index (χ4n) is 3.44. The summed E-state index contributed by atoms with van der Waals surface area (Å²) in [5.74, 6) is 0.921. The number of nitrogens with one attached hydrogen (secondary N) is 1. The van der Waals surface area contributed by atoms with Crippen LogP contribution < -0.4 is 15.0 Å². The van der Waals surface area contributed by atoms with Crippen LogP contribution in [-0.2, 0) is 4.79 Å². The normalized spacial score (nSPS) is 13.7. The highest BCUT2D eigenvalue weighted by Gasteiger charge is 2.21. The van der Waals surface area contributed by atoms with Gasteiger partial charge in [0.05, 0.1) is 0 Å². The van der Waals surface area contributed by atoms with Crippen LogP contribution in [0.15, 0.2) is 78.9 Å². The van der Waals surface area contributed by atoms with Crippen LogP contribution in [0, 0.1) is 0 Å². The Morgan fingerprint density at radius 2 is 1.47 bits per heavy atom. The number of rotatable bonds is 6. The molecule has 1 saturated heterocycles. The highest BCUT2D eigenvalue weighted by Crippen LogP contribution is 2.21. The molecule has 0 unspecified atom stereocenters. The molecule has 1 heterocycles. The summed E-state index contributed by atoms with van der Waals surface area (Å²) >= 11 is 0. The average molecular weight is 403 g/mol. The standard InChI is InChI=1S/C24H25N3O3/c28-22-10-8-21(9-11-22)26-14-16-27(17-15-26)24(29)18-30-23-12-6-20(7-13-23)25-19-4-2-1-3-5-19/h1-13,25,28H,14-18H2. The van der Waals surface area contributed by atoms with Crippen LogP contribution in [0.5, 0.6) is 11.5 Å². The summed E-state index contributed by atoms with van der Waals surface area (Å²) < 4.78 is 5.69. The number of aromatic hydroxyl groups is 1. The topological polar surface area (TPSA) is 65.0 Å². The van der Waals surface area contributed by atoms with E-state index in [0.717, 1.165) is 30.2 Å². The van der Waals surface area contributed by atoms with Gasteiger partial charge in [-0.3, -0.25) is 4.79 Å². The van der Waals surface area contributed by atoms with Gasteiger partial charge in [-0.1, -0.05) is 18.2 Å². The lowest BCUT2D eigenvalue weighted by molar-refractivity contribution is -0.133. The Kier molecular flexibility index (Phi) is 6.03. The minimum atomic E-state index is -0.00755. The van der Waals surface area contributed by atoms with Crippen molar-refractivity contribution in [3.63, 3.8) is 0 Å². The molecular weight excluding hydrogens is 378 g/mol. The first-order valence-electron chi connectivity index (χ1n) is 10.0. The molecular formula is C24H25N3O3. The van der Waals surface area contributed by atoms with Crippen LogP contribution in [0.2, 0.25) is 0 Å². The van der Waals surface area contributed by atoms with Gasteiger partial charge in [0.2, 0.25) is 0 Å². The molecule has 0 aliphatic carbocycles. The molecule has 154 valence electrons. The largest absolute Gasteiger partial charge is 0.508 e. The van der Waals surface area contributed by atoms with E-state index in [2.05, 4.69) is 10.2 Å². The summed E-state index contributed by atoms with van der Waals surface area (Å²) in [7, 11) is 0. The predicted molar refractivity (Wildman–Crippen MR) is 119 cm³/mol. The minimum Gasteiger partial charge on any atom is -0.508 e. The van der Waals surface area contributed by atoms with Crippen molar-refractivity contribution in [3.05, 3.63) is 78.9 Å². The van der Waals surface area contributed by atoms with Crippen molar-refractivity contribution in [1.29, 1.82) is 0 Å². The highest BCUT2D eigenvalue weighted by molar-refractivity contribution is 5.78. The molecule has 0 radical (unpaired) electrons. The summed E-state index contributed by atoms with van der Waals surface area (Å²) in [6.07, 6.45) is 0. The van der Waals surface area contributed by atoms with Crippen LogP contribution in [-0.4, -0.2) is 48.7 Å². The summed E-state index contributed by atoms with van der Waals surface area (Å²) in [6, 6.07) is 24.7.